The first-order chi connectivity index (χ1) is 21.1. The molecule has 0 unspecified atom stereocenters. The highest BCUT2D eigenvalue weighted by Crippen LogP contribution is 2.30. The van der Waals surface area contributed by atoms with E-state index in [1.165, 1.54) is 4.31 Å². The molecule has 0 saturated carbocycles. The van der Waals surface area contributed by atoms with Gasteiger partial charge in [-0.2, -0.15) is 5.10 Å². The Labute approximate surface area is 263 Å². The zero-order valence-corrected chi connectivity index (χ0v) is 26.5. The molecular weight excluding hydrogens is 592 g/mol. The summed E-state index contributed by atoms with van der Waals surface area (Å²) in [6.45, 7) is 7.97. The van der Waals surface area contributed by atoms with Crippen LogP contribution in [0.25, 0.3) is 5.69 Å². The summed E-state index contributed by atoms with van der Waals surface area (Å²) in [5.41, 5.74) is 9.74. The zero-order chi connectivity index (χ0) is 31.4. The minimum Gasteiger partial charge on any atom is -0.318 e. The van der Waals surface area contributed by atoms with Gasteiger partial charge in [0.25, 0.3) is 15.9 Å². The Balaban J connectivity index is 1.47. The average Bonchev–Trinajstić information content (AvgIpc) is 3.29. The van der Waals surface area contributed by atoms with Crippen molar-refractivity contribution in [3.63, 3.8) is 0 Å². The van der Waals surface area contributed by atoms with Crippen LogP contribution in [0.15, 0.2) is 113 Å². The number of hydrazone groups is 1. The number of hydrogen-bond acceptors (Lipinski definition) is 4. The first kappa shape index (κ1) is 30.8. The molecule has 0 aliphatic heterocycles. The molecule has 0 atom stereocenters. The lowest BCUT2D eigenvalue weighted by Gasteiger charge is -2.26. The highest BCUT2D eigenvalue weighted by Gasteiger charge is 2.28. The van der Waals surface area contributed by atoms with Gasteiger partial charge in [0.05, 0.1) is 28.9 Å². The predicted octanol–water partition coefficient (Wildman–Crippen LogP) is 7.52. The molecule has 7 nitrogen and oxygen atoms in total. The Bertz CT molecular complexity index is 1950. The number of nitrogens with one attached hydrogen (secondary N) is 1. The number of nitrogens with zero attached hydrogens (tertiary/aromatic N) is 3. The summed E-state index contributed by atoms with van der Waals surface area (Å²) in [5.74, 6) is -0.537. The van der Waals surface area contributed by atoms with Crippen LogP contribution < -0.4 is 9.73 Å². The van der Waals surface area contributed by atoms with Crippen LogP contribution in [0, 0.1) is 27.7 Å². The Hall–Kier alpha value is -4.66. The second-order valence-electron chi connectivity index (χ2n) is 10.6. The number of aromatic nitrogens is 1. The number of halogens is 1. The van der Waals surface area contributed by atoms with Gasteiger partial charge in [-0.05, 0) is 87.4 Å². The summed E-state index contributed by atoms with van der Waals surface area (Å²) in [6.07, 6.45) is 1.60. The lowest BCUT2D eigenvalue weighted by molar-refractivity contribution is 0.0955. The van der Waals surface area contributed by atoms with Crippen molar-refractivity contribution in [1.29, 1.82) is 0 Å². The van der Waals surface area contributed by atoms with Crippen molar-refractivity contribution in [2.24, 2.45) is 5.10 Å². The quantitative estimate of drug-likeness (QED) is 0.136. The topological polar surface area (TPSA) is 83.8 Å². The van der Waals surface area contributed by atoms with Crippen LogP contribution in [0.1, 0.15) is 44.0 Å². The molecular formula is C35H33ClN4O3S. The number of sulfonamides is 1. The number of carbonyl (C=O) groups is 1. The standard InChI is InChI=1S/C35H33ClN4O3S/c1-24-13-19-31(20-14-24)44(42,43)39(23-28-15-17-30(36)18-16-28)34-12-8-6-10-32(34)35(41)38-37-22-29-21-26(3)40(27(29)4)33-11-7-5-9-25(33)2/h5-22H,23H2,1-4H3,(H,38,41)/b37-22-. The Morgan fingerprint density at radius 1 is 0.886 bits per heavy atom. The van der Waals surface area contributed by atoms with Crippen LogP contribution in [0.4, 0.5) is 5.69 Å². The van der Waals surface area contributed by atoms with Gasteiger partial charge in [0.15, 0.2) is 0 Å². The van der Waals surface area contributed by atoms with E-state index in [0.29, 0.717) is 10.6 Å². The van der Waals surface area contributed by atoms with E-state index < -0.39 is 15.9 Å². The molecule has 1 aromatic heterocycles. The van der Waals surface area contributed by atoms with Crippen LogP contribution in [0.2, 0.25) is 5.02 Å². The fourth-order valence-electron chi connectivity index (χ4n) is 5.10. The van der Waals surface area contributed by atoms with Gasteiger partial charge in [0.1, 0.15) is 0 Å². The number of benzene rings is 4. The Morgan fingerprint density at radius 2 is 1.55 bits per heavy atom. The SMILES string of the molecule is Cc1ccc(S(=O)(=O)N(Cc2ccc(Cl)cc2)c2ccccc2C(=O)N/N=C\c2cc(C)n(-c3ccccc3C)c2C)cc1. The van der Waals surface area contributed by atoms with Gasteiger partial charge in [0.2, 0.25) is 0 Å². The Kier molecular flexibility index (Phi) is 9.04. The molecule has 5 rings (SSSR count). The van der Waals surface area contributed by atoms with Crippen LogP contribution in [0.3, 0.4) is 0 Å². The van der Waals surface area contributed by atoms with Crippen molar-refractivity contribution >= 4 is 39.4 Å². The van der Waals surface area contributed by atoms with Gasteiger partial charge in [-0.3, -0.25) is 9.10 Å². The molecule has 44 heavy (non-hydrogen) atoms. The van der Waals surface area contributed by atoms with Crippen molar-refractivity contribution in [2.75, 3.05) is 4.31 Å². The fraction of sp³-hybridized carbons (Fsp3) is 0.143. The summed E-state index contributed by atoms with van der Waals surface area (Å²) in [5, 5.41) is 4.79. The fourth-order valence-corrected chi connectivity index (χ4v) is 6.70. The van der Waals surface area contributed by atoms with E-state index in [2.05, 4.69) is 34.2 Å². The third-order valence-corrected chi connectivity index (χ3v) is 9.49. The van der Waals surface area contributed by atoms with Crippen LogP contribution in [0.5, 0.6) is 0 Å². The third-order valence-electron chi connectivity index (χ3n) is 7.46. The highest BCUT2D eigenvalue weighted by molar-refractivity contribution is 7.92. The van der Waals surface area contributed by atoms with Crippen molar-refractivity contribution < 1.29 is 13.2 Å². The second-order valence-corrected chi connectivity index (χ2v) is 12.9. The molecule has 5 aromatic rings. The largest absolute Gasteiger partial charge is 0.318 e. The number of aryl methyl sites for hydroxylation is 3. The maximum Gasteiger partial charge on any atom is 0.273 e. The minimum absolute atomic E-state index is 0.00811. The molecule has 0 aliphatic carbocycles. The van der Waals surface area contributed by atoms with Crippen LogP contribution >= 0.6 is 11.6 Å². The van der Waals surface area contributed by atoms with Crippen molar-refractivity contribution in [1.82, 2.24) is 9.99 Å². The van der Waals surface area contributed by atoms with Gasteiger partial charge in [0, 0.05) is 27.7 Å². The average molecular weight is 625 g/mol. The molecule has 1 heterocycles. The number of amides is 1. The van der Waals surface area contributed by atoms with E-state index in [1.807, 2.05) is 39.0 Å². The first-order valence-corrected chi connectivity index (χ1v) is 15.9. The van der Waals surface area contributed by atoms with Crippen LogP contribution in [-0.2, 0) is 16.6 Å². The van der Waals surface area contributed by atoms with E-state index >= 15 is 0 Å². The molecule has 9 heteroatoms. The lowest BCUT2D eigenvalue weighted by atomic mass is 10.1. The van der Waals surface area contributed by atoms with Gasteiger partial charge in [-0.25, -0.2) is 13.8 Å². The van der Waals surface area contributed by atoms with Crippen molar-refractivity contribution in [3.8, 4) is 5.69 Å². The van der Waals surface area contributed by atoms with Crippen LogP contribution in [-0.4, -0.2) is 25.1 Å². The molecule has 4 aromatic carbocycles. The monoisotopic (exact) mass is 624 g/mol. The van der Waals surface area contributed by atoms with Crippen molar-refractivity contribution in [3.05, 3.63) is 147 Å². The smallest absolute Gasteiger partial charge is 0.273 e. The maximum absolute atomic E-state index is 14.0. The first-order valence-electron chi connectivity index (χ1n) is 14.1. The molecule has 224 valence electrons. The number of carbonyl (C=O) groups excluding carboxylic acids is 1. The maximum atomic E-state index is 14.0. The Morgan fingerprint density at radius 3 is 2.25 bits per heavy atom. The van der Waals surface area contributed by atoms with E-state index in [0.717, 1.165) is 33.8 Å². The van der Waals surface area contributed by atoms with Gasteiger partial charge >= 0.3 is 0 Å². The molecule has 0 radical (unpaired) electrons. The number of hydrogen-bond donors (Lipinski definition) is 1. The van der Waals surface area contributed by atoms with E-state index in [9.17, 15) is 13.2 Å². The summed E-state index contributed by atoms with van der Waals surface area (Å²) in [6, 6.07) is 30.3. The normalized spacial score (nSPS) is 11.6. The second kappa shape index (κ2) is 12.9. The van der Waals surface area contributed by atoms with Gasteiger partial charge < -0.3 is 4.57 Å². The molecule has 0 fully saturated rings. The van der Waals surface area contributed by atoms with Crippen molar-refractivity contribution in [2.45, 2.75) is 39.1 Å². The number of para-hydroxylation sites is 2. The lowest BCUT2D eigenvalue weighted by Crippen LogP contribution is -2.33. The van der Waals surface area contributed by atoms with Gasteiger partial charge in [-0.15, -0.1) is 0 Å². The van der Waals surface area contributed by atoms with E-state index in [4.69, 9.17) is 11.6 Å². The van der Waals surface area contributed by atoms with E-state index in [1.54, 1.807) is 79.0 Å². The third kappa shape index (κ3) is 6.46. The molecule has 1 amide bonds. The molecule has 0 saturated heterocycles. The predicted molar refractivity (Wildman–Crippen MR) is 177 cm³/mol. The van der Waals surface area contributed by atoms with E-state index in [-0.39, 0.29) is 22.7 Å². The molecule has 1 N–H and O–H groups in total. The number of rotatable bonds is 9. The molecule has 0 bridgehead atoms. The summed E-state index contributed by atoms with van der Waals surface area (Å²) in [4.78, 5) is 13.6. The summed E-state index contributed by atoms with van der Waals surface area (Å²) < 4.78 is 31.5. The highest BCUT2D eigenvalue weighted by atomic mass is 35.5. The minimum atomic E-state index is -4.06. The summed E-state index contributed by atoms with van der Waals surface area (Å²) in [7, 11) is -4.06. The summed E-state index contributed by atoms with van der Waals surface area (Å²) >= 11 is 6.08. The number of anilines is 1. The zero-order valence-electron chi connectivity index (χ0n) is 25.0. The molecule has 0 aliphatic rings. The van der Waals surface area contributed by atoms with Gasteiger partial charge in [-0.1, -0.05) is 71.8 Å². The molecule has 0 spiro atoms.